The van der Waals surface area contributed by atoms with Gasteiger partial charge < -0.3 is 5.32 Å². The van der Waals surface area contributed by atoms with Gasteiger partial charge in [0.25, 0.3) is 0 Å². The molecule has 1 aromatic carbocycles. The van der Waals surface area contributed by atoms with Crippen LogP contribution >= 0.6 is 0 Å². The molecule has 4 nitrogen and oxygen atoms in total. The highest BCUT2D eigenvalue weighted by Gasteiger charge is 2.20. The normalized spacial score (nSPS) is 19.1. The Labute approximate surface area is 88.8 Å². The number of hydrogen-bond acceptors (Lipinski definition) is 2. The average molecular weight is 205 g/mol. The van der Waals surface area contributed by atoms with Crippen LogP contribution < -0.4 is 16.6 Å². The fourth-order valence-electron chi connectivity index (χ4n) is 2.10. The minimum atomic E-state index is -0.322. The van der Waals surface area contributed by atoms with Crippen LogP contribution in [0.1, 0.15) is 30.0 Å². The molecule has 0 aliphatic heterocycles. The third-order valence-corrected chi connectivity index (χ3v) is 2.81. The Hall–Kier alpha value is -1.55. The van der Waals surface area contributed by atoms with Gasteiger partial charge in [-0.25, -0.2) is 10.6 Å². The van der Waals surface area contributed by atoms with Crippen molar-refractivity contribution in [2.75, 3.05) is 0 Å². The Morgan fingerprint density at radius 2 is 2.20 bits per heavy atom. The molecule has 15 heavy (non-hydrogen) atoms. The molecule has 0 bridgehead atoms. The first-order chi connectivity index (χ1) is 7.31. The van der Waals surface area contributed by atoms with Crippen LogP contribution in [0.4, 0.5) is 4.79 Å². The van der Waals surface area contributed by atoms with Crippen molar-refractivity contribution in [2.24, 2.45) is 5.84 Å². The van der Waals surface area contributed by atoms with E-state index in [9.17, 15) is 4.79 Å². The lowest BCUT2D eigenvalue weighted by Crippen LogP contribution is -2.42. The molecule has 80 valence electrons. The van der Waals surface area contributed by atoms with Crippen LogP contribution in [0.3, 0.4) is 0 Å². The average Bonchev–Trinajstić information content (AvgIpc) is 2.29. The lowest BCUT2D eigenvalue weighted by Gasteiger charge is -2.25. The fourth-order valence-corrected chi connectivity index (χ4v) is 2.10. The summed E-state index contributed by atoms with van der Waals surface area (Å²) in [6.45, 7) is 0. The van der Waals surface area contributed by atoms with E-state index in [1.165, 1.54) is 11.1 Å². The molecule has 0 heterocycles. The molecule has 4 heteroatoms. The lowest BCUT2D eigenvalue weighted by atomic mass is 9.88. The summed E-state index contributed by atoms with van der Waals surface area (Å²) in [4.78, 5) is 11.1. The third-order valence-electron chi connectivity index (χ3n) is 2.81. The predicted molar refractivity (Wildman–Crippen MR) is 58.0 cm³/mol. The van der Waals surface area contributed by atoms with Gasteiger partial charge in [0.1, 0.15) is 0 Å². The largest absolute Gasteiger partial charge is 0.330 e. The number of fused-ring (bicyclic) bond motifs is 1. The van der Waals surface area contributed by atoms with Gasteiger partial charge in [0.2, 0.25) is 0 Å². The van der Waals surface area contributed by atoms with Gasteiger partial charge in [-0.05, 0) is 30.4 Å². The number of nitrogens with two attached hydrogens (primary N) is 1. The Morgan fingerprint density at radius 1 is 1.40 bits per heavy atom. The van der Waals surface area contributed by atoms with Gasteiger partial charge in [-0.2, -0.15) is 0 Å². The second kappa shape index (κ2) is 4.31. The standard InChI is InChI=1S/C11H15N3O/c12-14-11(15)13-10-7-3-5-8-4-1-2-6-9(8)10/h1-2,4,6,10H,3,5,7,12H2,(H2,13,14,15). The molecule has 0 saturated heterocycles. The molecular weight excluding hydrogens is 190 g/mol. The highest BCUT2D eigenvalue weighted by Crippen LogP contribution is 2.29. The number of carbonyl (C=O) groups excluding carboxylic acids is 1. The van der Waals surface area contributed by atoms with E-state index in [1.54, 1.807) is 0 Å². The number of urea groups is 1. The van der Waals surface area contributed by atoms with Crippen molar-refractivity contribution >= 4 is 6.03 Å². The molecule has 0 spiro atoms. The number of benzene rings is 1. The number of nitrogens with one attached hydrogen (secondary N) is 2. The van der Waals surface area contributed by atoms with Gasteiger partial charge in [-0.3, -0.25) is 5.43 Å². The first-order valence-corrected chi connectivity index (χ1v) is 5.16. The Bertz CT molecular complexity index is 365. The number of hydrazine groups is 1. The number of amides is 2. The first kappa shape index (κ1) is 9.98. The maximum absolute atomic E-state index is 11.1. The van der Waals surface area contributed by atoms with Crippen molar-refractivity contribution in [2.45, 2.75) is 25.3 Å². The van der Waals surface area contributed by atoms with Crippen LogP contribution in [0, 0.1) is 0 Å². The van der Waals surface area contributed by atoms with Gasteiger partial charge in [0.05, 0.1) is 6.04 Å². The van der Waals surface area contributed by atoms with Crippen molar-refractivity contribution in [3.8, 4) is 0 Å². The molecule has 0 saturated carbocycles. The summed E-state index contributed by atoms with van der Waals surface area (Å²) < 4.78 is 0. The summed E-state index contributed by atoms with van der Waals surface area (Å²) >= 11 is 0. The Morgan fingerprint density at radius 3 is 3.00 bits per heavy atom. The molecule has 0 aromatic heterocycles. The monoisotopic (exact) mass is 205 g/mol. The summed E-state index contributed by atoms with van der Waals surface area (Å²) in [7, 11) is 0. The number of rotatable bonds is 1. The molecule has 2 amide bonds. The van der Waals surface area contributed by atoms with Crippen molar-refractivity contribution in [1.82, 2.24) is 10.7 Å². The van der Waals surface area contributed by atoms with Gasteiger partial charge in [0.15, 0.2) is 0 Å². The molecular formula is C11H15N3O. The van der Waals surface area contributed by atoms with Crippen LogP contribution in [0.25, 0.3) is 0 Å². The highest BCUT2D eigenvalue weighted by atomic mass is 16.2. The minimum absolute atomic E-state index is 0.0958. The predicted octanol–water partition coefficient (Wildman–Crippen LogP) is 1.24. The van der Waals surface area contributed by atoms with Gasteiger partial charge in [-0.1, -0.05) is 24.3 Å². The molecule has 4 N–H and O–H groups in total. The molecule has 1 aliphatic carbocycles. The van der Waals surface area contributed by atoms with Crippen molar-refractivity contribution in [1.29, 1.82) is 0 Å². The lowest BCUT2D eigenvalue weighted by molar-refractivity contribution is 0.236. The summed E-state index contributed by atoms with van der Waals surface area (Å²) in [5.74, 6) is 5.05. The summed E-state index contributed by atoms with van der Waals surface area (Å²) in [5.41, 5.74) is 4.63. The second-order valence-electron chi connectivity index (χ2n) is 3.76. The van der Waals surface area contributed by atoms with E-state index in [2.05, 4.69) is 22.9 Å². The van der Waals surface area contributed by atoms with Crippen LogP contribution in [0.15, 0.2) is 24.3 Å². The van der Waals surface area contributed by atoms with Gasteiger partial charge in [0, 0.05) is 0 Å². The molecule has 2 rings (SSSR count). The zero-order chi connectivity index (χ0) is 10.7. The Balaban J connectivity index is 2.18. The molecule has 1 atom stereocenters. The van der Waals surface area contributed by atoms with E-state index in [4.69, 9.17) is 5.84 Å². The molecule has 1 unspecified atom stereocenters. The molecule has 0 radical (unpaired) electrons. The van der Waals surface area contributed by atoms with Crippen LogP contribution in [0.5, 0.6) is 0 Å². The van der Waals surface area contributed by atoms with Gasteiger partial charge >= 0.3 is 6.03 Å². The van der Waals surface area contributed by atoms with Crippen LogP contribution in [0.2, 0.25) is 0 Å². The van der Waals surface area contributed by atoms with Crippen molar-refractivity contribution in [3.63, 3.8) is 0 Å². The zero-order valence-electron chi connectivity index (χ0n) is 8.49. The fraction of sp³-hybridized carbons (Fsp3) is 0.364. The number of aryl methyl sites for hydroxylation is 1. The van der Waals surface area contributed by atoms with Crippen molar-refractivity contribution in [3.05, 3.63) is 35.4 Å². The molecule has 1 aromatic rings. The van der Waals surface area contributed by atoms with E-state index < -0.39 is 0 Å². The SMILES string of the molecule is NNC(=O)NC1CCCc2ccccc21. The van der Waals surface area contributed by atoms with Crippen molar-refractivity contribution < 1.29 is 4.79 Å². The van der Waals surface area contributed by atoms with Crippen LogP contribution in [-0.4, -0.2) is 6.03 Å². The first-order valence-electron chi connectivity index (χ1n) is 5.16. The highest BCUT2D eigenvalue weighted by molar-refractivity contribution is 5.73. The zero-order valence-corrected chi connectivity index (χ0v) is 8.49. The van der Waals surface area contributed by atoms with E-state index in [0.717, 1.165) is 19.3 Å². The number of hydrogen-bond donors (Lipinski definition) is 3. The van der Waals surface area contributed by atoms with E-state index in [1.807, 2.05) is 12.1 Å². The summed E-state index contributed by atoms with van der Waals surface area (Å²) in [6.07, 6.45) is 3.18. The quantitative estimate of drug-likeness (QED) is 0.367. The topological polar surface area (TPSA) is 67.1 Å². The summed E-state index contributed by atoms with van der Waals surface area (Å²) in [5, 5.41) is 2.85. The third kappa shape index (κ3) is 2.10. The number of carbonyl (C=O) groups is 1. The van der Waals surface area contributed by atoms with E-state index >= 15 is 0 Å². The smallest absolute Gasteiger partial charge is 0.329 e. The Kier molecular flexibility index (Phi) is 2.87. The maximum Gasteiger partial charge on any atom is 0.329 e. The van der Waals surface area contributed by atoms with E-state index in [0.29, 0.717) is 0 Å². The van der Waals surface area contributed by atoms with Crippen LogP contribution in [-0.2, 0) is 6.42 Å². The van der Waals surface area contributed by atoms with E-state index in [-0.39, 0.29) is 12.1 Å². The van der Waals surface area contributed by atoms with Gasteiger partial charge in [-0.15, -0.1) is 0 Å². The minimum Gasteiger partial charge on any atom is -0.330 e. The molecule has 1 aliphatic rings. The maximum atomic E-state index is 11.1. The molecule has 0 fully saturated rings. The summed E-state index contributed by atoms with van der Waals surface area (Å²) in [6, 6.07) is 7.98. The second-order valence-corrected chi connectivity index (χ2v) is 3.76.